The number of rotatable bonds is 3. The number of benzene rings is 2. The van der Waals surface area contributed by atoms with E-state index in [1.807, 2.05) is 18.2 Å². The molecule has 2 aromatic carbocycles. The van der Waals surface area contributed by atoms with Crippen molar-refractivity contribution in [3.8, 4) is 11.1 Å². The van der Waals surface area contributed by atoms with Gasteiger partial charge in [-0.15, -0.1) is 0 Å². The minimum atomic E-state index is -1.50. The SMILES string of the molecule is COC1(OC)C(=O)Nc2ccc(-c3cc(=O)oc4ccccc34)cc21. The third-order valence-electron chi connectivity index (χ3n) is 4.46. The van der Waals surface area contributed by atoms with Crippen LogP contribution in [0.15, 0.2) is 57.7 Å². The largest absolute Gasteiger partial charge is 0.423 e. The van der Waals surface area contributed by atoms with Crippen LogP contribution in [0.2, 0.25) is 0 Å². The van der Waals surface area contributed by atoms with Gasteiger partial charge in [-0.25, -0.2) is 4.79 Å². The van der Waals surface area contributed by atoms with Gasteiger partial charge >= 0.3 is 5.63 Å². The fourth-order valence-corrected chi connectivity index (χ4v) is 3.26. The Balaban J connectivity index is 1.98. The number of carbonyl (C=O) groups is 1. The molecule has 126 valence electrons. The molecular weight excluding hydrogens is 322 g/mol. The Morgan fingerprint density at radius 3 is 2.52 bits per heavy atom. The Labute approximate surface area is 143 Å². The standard InChI is InChI=1S/C19H15NO5/c1-23-19(24-2)14-9-11(7-8-15(14)20-18(19)22)13-10-17(21)25-16-6-4-3-5-12(13)16/h3-10H,1-2H3,(H,20,22). The Kier molecular flexibility index (Phi) is 3.45. The van der Waals surface area contributed by atoms with Crippen molar-refractivity contribution in [3.05, 3.63) is 64.5 Å². The van der Waals surface area contributed by atoms with Crippen molar-refractivity contribution in [2.45, 2.75) is 5.79 Å². The van der Waals surface area contributed by atoms with Crippen molar-refractivity contribution in [1.29, 1.82) is 0 Å². The molecule has 0 fully saturated rings. The van der Waals surface area contributed by atoms with Crippen LogP contribution in [0, 0.1) is 0 Å². The van der Waals surface area contributed by atoms with E-state index < -0.39 is 11.4 Å². The number of hydrogen-bond acceptors (Lipinski definition) is 5. The molecule has 0 aliphatic carbocycles. The van der Waals surface area contributed by atoms with E-state index in [1.54, 1.807) is 24.3 Å². The van der Waals surface area contributed by atoms with Crippen molar-refractivity contribution in [2.75, 3.05) is 19.5 Å². The molecular formula is C19H15NO5. The molecule has 0 spiro atoms. The van der Waals surface area contributed by atoms with Gasteiger partial charge in [-0.2, -0.15) is 0 Å². The van der Waals surface area contributed by atoms with Crippen LogP contribution in [0.3, 0.4) is 0 Å². The molecule has 0 unspecified atom stereocenters. The van der Waals surface area contributed by atoms with Crippen LogP contribution in [-0.2, 0) is 20.1 Å². The lowest BCUT2D eigenvalue weighted by Crippen LogP contribution is -2.38. The van der Waals surface area contributed by atoms with E-state index in [1.165, 1.54) is 20.3 Å². The summed E-state index contributed by atoms with van der Waals surface area (Å²) in [6, 6.07) is 14.1. The van der Waals surface area contributed by atoms with E-state index in [0.29, 0.717) is 16.8 Å². The molecule has 6 heteroatoms. The van der Waals surface area contributed by atoms with E-state index in [4.69, 9.17) is 13.9 Å². The third-order valence-corrected chi connectivity index (χ3v) is 4.46. The van der Waals surface area contributed by atoms with Crippen molar-refractivity contribution < 1.29 is 18.7 Å². The minimum absolute atomic E-state index is 0.387. The molecule has 25 heavy (non-hydrogen) atoms. The van der Waals surface area contributed by atoms with E-state index >= 15 is 0 Å². The monoisotopic (exact) mass is 337 g/mol. The highest BCUT2D eigenvalue weighted by Gasteiger charge is 2.48. The predicted octanol–water partition coefficient (Wildman–Crippen LogP) is 2.86. The molecule has 1 aliphatic rings. The lowest BCUT2D eigenvalue weighted by atomic mass is 9.97. The summed E-state index contributed by atoms with van der Waals surface area (Å²) in [5, 5.41) is 3.55. The van der Waals surface area contributed by atoms with Crippen molar-refractivity contribution in [2.24, 2.45) is 0 Å². The summed E-state index contributed by atoms with van der Waals surface area (Å²) in [5.74, 6) is -1.89. The molecule has 0 saturated carbocycles. The van der Waals surface area contributed by atoms with Crippen LogP contribution in [0.4, 0.5) is 5.69 Å². The Bertz CT molecular complexity index is 1050. The Morgan fingerprint density at radius 1 is 1.00 bits per heavy atom. The average Bonchev–Trinajstić information content (AvgIpc) is 2.91. The lowest BCUT2D eigenvalue weighted by molar-refractivity contribution is -0.207. The molecule has 0 saturated heterocycles. The second-order valence-corrected chi connectivity index (χ2v) is 5.71. The van der Waals surface area contributed by atoms with Gasteiger partial charge in [0.25, 0.3) is 11.7 Å². The fraction of sp³-hybridized carbons (Fsp3) is 0.158. The number of fused-ring (bicyclic) bond motifs is 2. The molecule has 3 aromatic rings. The summed E-state index contributed by atoms with van der Waals surface area (Å²) in [5.41, 5.74) is 2.73. The summed E-state index contributed by atoms with van der Waals surface area (Å²) < 4.78 is 16.0. The molecule has 0 radical (unpaired) electrons. The van der Waals surface area contributed by atoms with Gasteiger partial charge in [-0.05, 0) is 29.3 Å². The average molecular weight is 337 g/mol. The molecule has 0 bridgehead atoms. The van der Waals surface area contributed by atoms with Crippen molar-refractivity contribution in [1.82, 2.24) is 0 Å². The first-order valence-electron chi connectivity index (χ1n) is 7.68. The number of nitrogens with one attached hydrogen (secondary N) is 1. The number of carbonyl (C=O) groups excluding carboxylic acids is 1. The minimum Gasteiger partial charge on any atom is -0.423 e. The molecule has 2 heterocycles. The van der Waals surface area contributed by atoms with Gasteiger partial charge in [0, 0.05) is 31.2 Å². The van der Waals surface area contributed by atoms with E-state index in [9.17, 15) is 9.59 Å². The highest BCUT2D eigenvalue weighted by Crippen LogP contribution is 2.41. The number of methoxy groups -OCH3 is 2. The molecule has 6 nitrogen and oxygen atoms in total. The maximum absolute atomic E-state index is 12.3. The summed E-state index contributed by atoms with van der Waals surface area (Å²) in [6.07, 6.45) is 0. The highest BCUT2D eigenvalue weighted by atomic mass is 16.7. The number of hydrogen-bond donors (Lipinski definition) is 1. The molecule has 1 aliphatic heterocycles. The maximum atomic E-state index is 12.3. The van der Waals surface area contributed by atoms with E-state index in [-0.39, 0.29) is 5.91 Å². The summed E-state index contributed by atoms with van der Waals surface area (Å²) >= 11 is 0. The van der Waals surface area contributed by atoms with Gasteiger partial charge in [-0.1, -0.05) is 24.3 Å². The predicted molar refractivity (Wildman–Crippen MR) is 92.2 cm³/mol. The van der Waals surface area contributed by atoms with Gasteiger partial charge in [0.05, 0.1) is 5.69 Å². The van der Waals surface area contributed by atoms with Gasteiger partial charge in [-0.3, -0.25) is 4.79 Å². The number of amides is 1. The van der Waals surface area contributed by atoms with Crippen LogP contribution >= 0.6 is 0 Å². The highest BCUT2D eigenvalue weighted by molar-refractivity contribution is 6.05. The van der Waals surface area contributed by atoms with Crippen molar-refractivity contribution >= 4 is 22.6 Å². The molecule has 1 amide bonds. The van der Waals surface area contributed by atoms with E-state index in [2.05, 4.69) is 5.32 Å². The van der Waals surface area contributed by atoms with E-state index in [0.717, 1.165) is 16.5 Å². The smallest absolute Gasteiger partial charge is 0.336 e. The Morgan fingerprint density at radius 2 is 1.76 bits per heavy atom. The normalized spacial score (nSPS) is 15.2. The Hall–Kier alpha value is -2.96. The number of ether oxygens (including phenoxy) is 2. The van der Waals surface area contributed by atoms with Crippen LogP contribution in [-0.4, -0.2) is 20.1 Å². The zero-order chi connectivity index (χ0) is 17.6. The zero-order valence-electron chi connectivity index (χ0n) is 13.7. The topological polar surface area (TPSA) is 77.8 Å². The second-order valence-electron chi connectivity index (χ2n) is 5.71. The number of anilines is 1. The van der Waals surface area contributed by atoms with Gasteiger partial charge in [0.2, 0.25) is 0 Å². The van der Waals surface area contributed by atoms with Crippen LogP contribution in [0.5, 0.6) is 0 Å². The molecule has 0 atom stereocenters. The number of para-hydroxylation sites is 1. The maximum Gasteiger partial charge on any atom is 0.336 e. The summed E-state index contributed by atoms with van der Waals surface area (Å²) in [4.78, 5) is 24.2. The van der Waals surface area contributed by atoms with Gasteiger partial charge in [0.15, 0.2) is 0 Å². The van der Waals surface area contributed by atoms with Crippen molar-refractivity contribution in [3.63, 3.8) is 0 Å². The first-order valence-corrected chi connectivity index (χ1v) is 7.68. The van der Waals surface area contributed by atoms with Crippen LogP contribution in [0.25, 0.3) is 22.1 Å². The fourth-order valence-electron chi connectivity index (χ4n) is 3.26. The van der Waals surface area contributed by atoms with Crippen LogP contribution < -0.4 is 10.9 Å². The lowest BCUT2D eigenvalue weighted by Gasteiger charge is -2.23. The first-order chi connectivity index (χ1) is 12.1. The molecule has 1 aromatic heterocycles. The summed E-state index contributed by atoms with van der Waals surface area (Å²) in [7, 11) is 2.83. The van der Waals surface area contributed by atoms with Gasteiger partial charge in [0.1, 0.15) is 5.58 Å². The van der Waals surface area contributed by atoms with Gasteiger partial charge < -0.3 is 19.2 Å². The molecule has 4 rings (SSSR count). The zero-order valence-corrected chi connectivity index (χ0v) is 13.7. The first kappa shape index (κ1) is 15.6. The third kappa shape index (κ3) is 2.19. The second kappa shape index (κ2) is 5.54. The molecule has 1 N–H and O–H groups in total. The quantitative estimate of drug-likeness (QED) is 0.587. The van der Waals surface area contributed by atoms with Crippen LogP contribution in [0.1, 0.15) is 5.56 Å². The summed E-state index contributed by atoms with van der Waals surface area (Å²) in [6.45, 7) is 0.